The maximum atomic E-state index is 12.7. The van der Waals surface area contributed by atoms with Gasteiger partial charge in [-0.3, -0.25) is 4.79 Å². The zero-order valence-electron chi connectivity index (χ0n) is 15.3. The molecule has 1 amide bonds. The van der Waals surface area contributed by atoms with E-state index in [9.17, 15) is 13.2 Å². The third-order valence-corrected chi connectivity index (χ3v) is 6.02. The number of hydrogen-bond donors (Lipinski definition) is 1. The lowest BCUT2D eigenvalue weighted by molar-refractivity contribution is -0.116. The van der Waals surface area contributed by atoms with Gasteiger partial charge in [-0.25, -0.2) is 8.42 Å². The van der Waals surface area contributed by atoms with E-state index in [4.69, 9.17) is 0 Å². The standard InChI is InChI=1S/C19H24N2O3S/c1-13-6-7-15(3)18(10-13)20-19(22)12-21(5)25(23,24)17-9-8-14(2)16(4)11-17/h6-11H,12H2,1-5H3,(H,20,22). The van der Waals surface area contributed by atoms with Crippen molar-refractivity contribution in [3.05, 3.63) is 58.7 Å². The Kier molecular flexibility index (Phi) is 5.65. The predicted octanol–water partition coefficient (Wildman–Crippen LogP) is 3.18. The molecule has 0 fully saturated rings. The molecule has 0 saturated carbocycles. The molecule has 0 bridgehead atoms. The number of benzene rings is 2. The minimum atomic E-state index is -3.71. The Hall–Kier alpha value is -2.18. The fourth-order valence-electron chi connectivity index (χ4n) is 2.40. The van der Waals surface area contributed by atoms with E-state index in [0.29, 0.717) is 5.69 Å². The average molecular weight is 360 g/mol. The molecular formula is C19H24N2O3S. The second-order valence-corrected chi connectivity index (χ2v) is 8.42. The summed E-state index contributed by atoms with van der Waals surface area (Å²) in [5, 5.41) is 2.78. The van der Waals surface area contributed by atoms with Gasteiger partial charge in [-0.2, -0.15) is 4.31 Å². The molecule has 0 aliphatic rings. The number of rotatable bonds is 5. The Labute approximate surface area is 149 Å². The number of carbonyl (C=O) groups is 1. The van der Waals surface area contributed by atoms with Crippen molar-refractivity contribution >= 4 is 21.6 Å². The SMILES string of the molecule is Cc1ccc(C)c(NC(=O)CN(C)S(=O)(=O)c2ccc(C)c(C)c2)c1. The van der Waals surface area contributed by atoms with Gasteiger partial charge >= 0.3 is 0 Å². The molecule has 0 unspecified atom stereocenters. The van der Waals surface area contributed by atoms with Crippen LogP contribution in [0.25, 0.3) is 0 Å². The van der Waals surface area contributed by atoms with E-state index in [2.05, 4.69) is 5.32 Å². The molecule has 0 spiro atoms. The number of hydrogen-bond acceptors (Lipinski definition) is 3. The molecule has 1 N–H and O–H groups in total. The van der Waals surface area contributed by atoms with Gasteiger partial charge in [-0.1, -0.05) is 18.2 Å². The van der Waals surface area contributed by atoms with Gasteiger partial charge < -0.3 is 5.32 Å². The number of nitrogens with zero attached hydrogens (tertiary/aromatic N) is 1. The Morgan fingerprint density at radius 3 is 2.24 bits per heavy atom. The van der Waals surface area contributed by atoms with Gasteiger partial charge in [0.25, 0.3) is 0 Å². The van der Waals surface area contributed by atoms with Gasteiger partial charge in [0, 0.05) is 12.7 Å². The highest BCUT2D eigenvalue weighted by atomic mass is 32.2. The largest absolute Gasteiger partial charge is 0.325 e. The minimum absolute atomic E-state index is 0.192. The van der Waals surface area contributed by atoms with E-state index in [-0.39, 0.29) is 17.3 Å². The van der Waals surface area contributed by atoms with Crippen LogP contribution in [0.1, 0.15) is 22.3 Å². The normalized spacial score (nSPS) is 11.6. The number of nitrogens with one attached hydrogen (secondary N) is 1. The van der Waals surface area contributed by atoms with Crippen molar-refractivity contribution in [2.24, 2.45) is 0 Å². The van der Waals surface area contributed by atoms with Crippen molar-refractivity contribution in [3.63, 3.8) is 0 Å². The first-order valence-electron chi connectivity index (χ1n) is 8.02. The summed E-state index contributed by atoms with van der Waals surface area (Å²) >= 11 is 0. The van der Waals surface area contributed by atoms with Gasteiger partial charge in [0.1, 0.15) is 0 Å². The number of sulfonamides is 1. The van der Waals surface area contributed by atoms with Crippen LogP contribution in [0.4, 0.5) is 5.69 Å². The first-order valence-corrected chi connectivity index (χ1v) is 9.46. The monoisotopic (exact) mass is 360 g/mol. The first kappa shape index (κ1) is 19.1. The number of likely N-dealkylation sites (N-methyl/N-ethyl adjacent to an activating group) is 1. The molecule has 25 heavy (non-hydrogen) atoms. The van der Waals surface area contributed by atoms with Crippen LogP contribution in [0.2, 0.25) is 0 Å². The second-order valence-electron chi connectivity index (χ2n) is 6.37. The fourth-order valence-corrected chi connectivity index (χ4v) is 3.61. The molecule has 0 aliphatic heterocycles. The molecule has 0 heterocycles. The van der Waals surface area contributed by atoms with Gasteiger partial charge in [0.2, 0.25) is 15.9 Å². The molecule has 6 heteroatoms. The topological polar surface area (TPSA) is 66.5 Å². The Bertz CT molecular complexity index is 905. The van der Waals surface area contributed by atoms with Crippen molar-refractivity contribution < 1.29 is 13.2 Å². The van der Waals surface area contributed by atoms with E-state index in [0.717, 1.165) is 26.6 Å². The fraction of sp³-hybridized carbons (Fsp3) is 0.316. The lowest BCUT2D eigenvalue weighted by Gasteiger charge is -2.18. The summed E-state index contributed by atoms with van der Waals surface area (Å²) in [6.07, 6.45) is 0. The van der Waals surface area contributed by atoms with Crippen LogP contribution in [-0.2, 0) is 14.8 Å². The van der Waals surface area contributed by atoms with Gasteiger partial charge in [0.05, 0.1) is 11.4 Å². The molecule has 2 aromatic rings. The van der Waals surface area contributed by atoms with Crippen molar-refractivity contribution in [3.8, 4) is 0 Å². The van der Waals surface area contributed by atoms with E-state index < -0.39 is 10.0 Å². The highest BCUT2D eigenvalue weighted by Gasteiger charge is 2.23. The summed E-state index contributed by atoms with van der Waals surface area (Å²) < 4.78 is 26.4. The van der Waals surface area contributed by atoms with E-state index in [1.807, 2.05) is 45.9 Å². The molecule has 5 nitrogen and oxygen atoms in total. The van der Waals surface area contributed by atoms with Crippen LogP contribution in [-0.4, -0.2) is 32.2 Å². The van der Waals surface area contributed by atoms with Crippen LogP contribution in [0.3, 0.4) is 0 Å². The third-order valence-electron chi connectivity index (χ3n) is 4.22. The number of amides is 1. The van der Waals surface area contributed by atoms with Crippen LogP contribution in [0.5, 0.6) is 0 Å². The van der Waals surface area contributed by atoms with Gasteiger partial charge in [-0.15, -0.1) is 0 Å². The van der Waals surface area contributed by atoms with Crippen LogP contribution in [0, 0.1) is 27.7 Å². The van der Waals surface area contributed by atoms with Crippen LogP contribution >= 0.6 is 0 Å². The Morgan fingerprint density at radius 1 is 0.960 bits per heavy atom. The van der Waals surface area contributed by atoms with Crippen molar-refractivity contribution in [1.82, 2.24) is 4.31 Å². The summed E-state index contributed by atoms with van der Waals surface area (Å²) in [7, 11) is -2.30. The maximum Gasteiger partial charge on any atom is 0.243 e. The highest BCUT2D eigenvalue weighted by Crippen LogP contribution is 2.19. The molecule has 0 aromatic heterocycles. The molecule has 2 aromatic carbocycles. The quantitative estimate of drug-likeness (QED) is 0.890. The summed E-state index contributed by atoms with van der Waals surface area (Å²) in [5.41, 5.74) is 4.57. The smallest absolute Gasteiger partial charge is 0.243 e. The molecule has 2 rings (SSSR count). The first-order chi connectivity index (χ1) is 11.6. The predicted molar refractivity (Wildman–Crippen MR) is 100 cm³/mol. The minimum Gasteiger partial charge on any atom is -0.325 e. The molecule has 0 aliphatic carbocycles. The summed E-state index contributed by atoms with van der Waals surface area (Å²) in [4.78, 5) is 12.5. The number of carbonyl (C=O) groups excluding carboxylic acids is 1. The molecule has 134 valence electrons. The van der Waals surface area contributed by atoms with E-state index >= 15 is 0 Å². The lowest BCUT2D eigenvalue weighted by Crippen LogP contribution is -2.35. The third kappa shape index (κ3) is 4.46. The number of anilines is 1. The summed E-state index contributed by atoms with van der Waals surface area (Å²) in [6.45, 7) is 7.37. The molecule has 0 saturated heterocycles. The summed E-state index contributed by atoms with van der Waals surface area (Å²) in [6, 6.07) is 10.7. The van der Waals surface area contributed by atoms with Crippen molar-refractivity contribution in [2.45, 2.75) is 32.6 Å². The lowest BCUT2D eigenvalue weighted by atomic mass is 10.1. The van der Waals surface area contributed by atoms with E-state index in [1.54, 1.807) is 18.2 Å². The van der Waals surface area contributed by atoms with Gasteiger partial charge in [-0.05, 0) is 68.1 Å². The zero-order chi connectivity index (χ0) is 18.8. The van der Waals surface area contributed by atoms with Crippen LogP contribution in [0.15, 0.2) is 41.3 Å². The summed E-state index contributed by atoms with van der Waals surface area (Å²) in [5.74, 6) is -0.372. The zero-order valence-corrected chi connectivity index (χ0v) is 16.1. The van der Waals surface area contributed by atoms with Crippen molar-refractivity contribution in [2.75, 3.05) is 18.9 Å². The Balaban J connectivity index is 2.14. The highest BCUT2D eigenvalue weighted by molar-refractivity contribution is 7.89. The Morgan fingerprint density at radius 2 is 1.60 bits per heavy atom. The molecule has 0 radical (unpaired) electrons. The average Bonchev–Trinajstić information content (AvgIpc) is 2.53. The second kappa shape index (κ2) is 7.37. The van der Waals surface area contributed by atoms with E-state index in [1.165, 1.54) is 7.05 Å². The van der Waals surface area contributed by atoms with Crippen LogP contribution < -0.4 is 5.32 Å². The van der Waals surface area contributed by atoms with Gasteiger partial charge in [0.15, 0.2) is 0 Å². The molecule has 0 atom stereocenters. The molecular weight excluding hydrogens is 336 g/mol. The van der Waals surface area contributed by atoms with Crippen molar-refractivity contribution in [1.29, 1.82) is 0 Å². The maximum absolute atomic E-state index is 12.7. The number of aryl methyl sites for hydroxylation is 4.